The van der Waals surface area contributed by atoms with E-state index in [-0.39, 0.29) is 23.5 Å². The third-order valence-corrected chi connectivity index (χ3v) is 7.53. The number of ether oxygens (including phenoxy) is 2. The van der Waals surface area contributed by atoms with Crippen molar-refractivity contribution >= 4 is 17.6 Å². The van der Waals surface area contributed by atoms with Gasteiger partial charge in [0.05, 0.1) is 17.2 Å². The fourth-order valence-corrected chi connectivity index (χ4v) is 5.72. The third-order valence-electron chi connectivity index (χ3n) is 7.25. The van der Waals surface area contributed by atoms with Crippen LogP contribution in [0.2, 0.25) is 5.02 Å². The fraction of sp³-hybridized carbons (Fsp3) is 0.483. The van der Waals surface area contributed by atoms with E-state index < -0.39 is 12.6 Å². The highest BCUT2D eigenvalue weighted by molar-refractivity contribution is 6.32. The molecule has 0 aromatic heterocycles. The molecule has 2 aromatic rings. The molecule has 2 aliphatic rings. The zero-order valence-corrected chi connectivity index (χ0v) is 21.3. The van der Waals surface area contributed by atoms with Crippen LogP contribution in [-0.4, -0.2) is 23.8 Å². The van der Waals surface area contributed by atoms with E-state index in [1.807, 2.05) is 6.07 Å². The van der Waals surface area contributed by atoms with Crippen LogP contribution in [-0.2, 0) is 21.4 Å². The van der Waals surface area contributed by atoms with Crippen molar-refractivity contribution in [2.45, 2.75) is 76.9 Å². The van der Waals surface area contributed by atoms with E-state index in [0.29, 0.717) is 16.7 Å². The van der Waals surface area contributed by atoms with Crippen LogP contribution in [0.5, 0.6) is 5.75 Å². The Balaban J connectivity index is 1.80. The Hall–Kier alpha value is -2.30. The maximum Gasteiger partial charge on any atom is 0.341 e. The number of aliphatic carboxylic acids is 1. The standard InChI is InChI=1S/C29H35ClO4/c1-17(2)21-15-22-20-11-7-6-9-18(20)10-8-12-25(22)34-27(21)23-13-19(29(3,4)5)14-24(30)28(23)33-16-26(31)32/h6-7,9,11,13-14,21-22,25,27H,1,8,10,12,15-16H2,2-5H3,(H,31,32)/t21-,22+,25-,27-/m0/s1. The maximum absolute atomic E-state index is 11.3. The number of aryl methyl sites for hydroxylation is 1. The van der Waals surface area contributed by atoms with Crippen LogP contribution >= 0.6 is 11.6 Å². The zero-order valence-electron chi connectivity index (χ0n) is 20.6. The molecular formula is C29H35ClO4. The largest absolute Gasteiger partial charge is 0.480 e. The molecule has 34 heavy (non-hydrogen) atoms. The molecule has 1 heterocycles. The lowest BCUT2D eigenvalue weighted by Gasteiger charge is -2.43. The van der Waals surface area contributed by atoms with Gasteiger partial charge in [-0.25, -0.2) is 4.79 Å². The second-order valence-corrected chi connectivity index (χ2v) is 11.2. The van der Waals surface area contributed by atoms with Gasteiger partial charge in [-0.1, -0.05) is 68.8 Å². The van der Waals surface area contributed by atoms with Crippen LogP contribution < -0.4 is 4.74 Å². The van der Waals surface area contributed by atoms with Crippen molar-refractivity contribution in [3.8, 4) is 5.75 Å². The van der Waals surface area contributed by atoms with Gasteiger partial charge in [0.1, 0.15) is 5.75 Å². The minimum absolute atomic E-state index is 0.0610. The summed E-state index contributed by atoms with van der Waals surface area (Å²) >= 11 is 6.71. The van der Waals surface area contributed by atoms with Gasteiger partial charge in [0, 0.05) is 17.4 Å². The molecule has 0 radical (unpaired) electrons. The van der Waals surface area contributed by atoms with Gasteiger partial charge in [-0.2, -0.15) is 0 Å². The summed E-state index contributed by atoms with van der Waals surface area (Å²) in [4.78, 5) is 11.3. The number of carboxylic acid groups (broad SMARTS) is 1. The van der Waals surface area contributed by atoms with Crippen LogP contribution in [0, 0.1) is 5.92 Å². The molecule has 0 amide bonds. The Morgan fingerprint density at radius 2 is 1.97 bits per heavy atom. The molecule has 1 aliphatic heterocycles. The van der Waals surface area contributed by atoms with Crippen molar-refractivity contribution in [1.29, 1.82) is 0 Å². The monoisotopic (exact) mass is 482 g/mol. The molecule has 0 unspecified atom stereocenters. The van der Waals surface area contributed by atoms with E-state index in [9.17, 15) is 9.90 Å². The van der Waals surface area contributed by atoms with E-state index in [4.69, 9.17) is 21.1 Å². The number of carbonyl (C=O) groups is 1. The summed E-state index contributed by atoms with van der Waals surface area (Å²) in [7, 11) is 0. The summed E-state index contributed by atoms with van der Waals surface area (Å²) in [6.07, 6.45) is 3.83. The average Bonchev–Trinajstić information content (AvgIpc) is 2.95. The normalized spacial score (nSPS) is 24.5. The molecule has 1 N–H and O–H groups in total. The predicted molar refractivity (Wildman–Crippen MR) is 136 cm³/mol. The van der Waals surface area contributed by atoms with Crippen molar-refractivity contribution in [2.75, 3.05) is 6.61 Å². The van der Waals surface area contributed by atoms with Crippen LogP contribution in [0.15, 0.2) is 48.6 Å². The summed E-state index contributed by atoms with van der Waals surface area (Å²) in [5.74, 6) is -0.267. The smallest absolute Gasteiger partial charge is 0.341 e. The predicted octanol–water partition coefficient (Wildman–Crippen LogP) is 7.24. The highest BCUT2D eigenvalue weighted by atomic mass is 35.5. The Morgan fingerprint density at radius 1 is 1.24 bits per heavy atom. The number of benzene rings is 2. The third kappa shape index (κ3) is 5.04. The van der Waals surface area contributed by atoms with Gasteiger partial charge in [-0.3, -0.25) is 0 Å². The van der Waals surface area contributed by atoms with Crippen LogP contribution in [0.3, 0.4) is 0 Å². The first-order valence-electron chi connectivity index (χ1n) is 12.1. The van der Waals surface area contributed by atoms with Gasteiger partial charge in [-0.15, -0.1) is 0 Å². The summed E-state index contributed by atoms with van der Waals surface area (Å²) in [5, 5.41) is 9.67. The second-order valence-electron chi connectivity index (χ2n) is 10.8. The molecule has 1 aliphatic carbocycles. The number of hydrogen-bond donors (Lipinski definition) is 1. The van der Waals surface area contributed by atoms with Crippen molar-refractivity contribution in [2.24, 2.45) is 5.92 Å². The molecule has 4 rings (SSSR count). The molecule has 4 atom stereocenters. The van der Waals surface area contributed by atoms with E-state index in [1.165, 1.54) is 11.1 Å². The Morgan fingerprint density at radius 3 is 2.65 bits per heavy atom. The van der Waals surface area contributed by atoms with E-state index in [2.05, 4.69) is 64.6 Å². The average molecular weight is 483 g/mol. The molecule has 182 valence electrons. The number of fused-ring (bicyclic) bond motifs is 3. The summed E-state index contributed by atoms with van der Waals surface area (Å²) in [6.45, 7) is 12.3. The quantitative estimate of drug-likeness (QED) is 0.456. The minimum atomic E-state index is -1.04. The molecule has 1 saturated heterocycles. The molecule has 4 nitrogen and oxygen atoms in total. The Labute approximate surface area is 207 Å². The summed E-state index contributed by atoms with van der Waals surface area (Å²) in [5.41, 5.74) is 5.60. The van der Waals surface area contributed by atoms with Gasteiger partial charge >= 0.3 is 5.97 Å². The lowest BCUT2D eigenvalue weighted by molar-refractivity contribution is -0.139. The van der Waals surface area contributed by atoms with Crippen molar-refractivity contribution < 1.29 is 19.4 Å². The van der Waals surface area contributed by atoms with Crippen molar-refractivity contribution in [3.63, 3.8) is 0 Å². The van der Waals surface area contributed by atoms with Crippen LogP contribution in [0.25, 0.3) is 0 Å². The van der Waals surface area contributed by atoms with Crippen LogP contribution in [0.1, 0.15) is 81.2 Å². The van der Waals surface area contributed by atoms with E-state index in [0.717, 1.165) is 42.4 Å². The first-order valence-corrected chi connectivity index (χ1v) is 12.5. The highest BCUT2D eigenvalue weighted by Gasteiger charge is 2.42. The molecule has 1 fully saturated rings. The first-order chi connectivity index (χ1) is 16.1. The molecule has 0 bridgehead atoms. The lowest BCUT2D eigenvalue weighted by Crippen LogP contribution is -2.36. The second kappa shape index (κ2) is 9.75. The van der Waals surface area contributed by atoms with Gasteiger partial charge in [0.15, 0.2) is 6.61 Å². The Kier molecular flexibility index (Phi) is 7.12. The van der Waals surface area contributed by atoms with Gasteiger partial charge < -0.3 is 14.6 Å². The van der Waals surface area contributed by atoms with Crippen LogP contribution in [0.4, 0.5) is 0 Å². The first kappa shape index (κ1) is 24.8. The molecule has 5 heteroatoms. The molecule has 0 saturated carbocycles. The summed E-state index contributed by atoms with van der Waals surface area (Å²) in [6, 6.07) is 12.7. The maximum atomic E-state index is 11.3. The summed E-state index contributed by atoms with van der Waals surface area (Å²) < 4.78 is 12.7. The minimum Gasteiger partial charge on any atom is -0.480 e. The fourth-order valence-electron chi connectivity index (χ4n) is 5.44. The van der Waals surface area contributed by atoms with E-state index in [1.54, 1.807) is 0 Å². The Bertz CT molecular complexity index is 1080. The number of hydrogen-bond acceptors (Lipinski definition) is 3. The number of rotatable bonds is 5. The van der Waals surface area contributed by atoms with Crippen molar-refractivity contribution in [3.05, 3.63) is 75.8 Å². The molecule has 2 aromatic carbocycles. The van der Waals surface area contributed by atoms with Gasteiger partial charge in [-0.05, 0) is 66.8 Å². The zero-order chi connectivity index (χ0) is 24.6. The number of carboxylic acids is 1. The van der Waals surface area contributed by atoms with Gasteiger partial charge in [0.2, 0.25) is 0 Å². The SMILES string of the molecule is C=C(C)[C@@H]1C[C@@H]2c3ccccc3CCC[C@@H]2O[C@@H]1c1cc(C(C)(C)C)cc(Cl)c1OCC(=O)O. The lowest BCUT2D eigenvalue weighted by atomic mass is 9.74. The topological polar surface area (TPSA) is 55.8 Å². The number of halogens is 1. The highest BCUT2D eigenvalue weighted by Crippen LogP contribution is 2.52. The molecular weight excluding hydrogens is 448 g/mol. The van der Waals surface area contributed by atoms with E-state index >= 15 is 0 Å². The van der Waals surface area contributed by atoms with Crippen molar-refractivity contribution in [1.82, 2.24) is 0 Å². The van der Waals surface area contributed by atoms with Gasteiger partial charge in [0.25, 0.3) is 0 Å². The molecule has 0 spiro atoms.